The van der Waals surface area contributed by atoms with Gasteiger partial charge in [0.05, 0.1) is 5.69 Å². The number of likely N-dealkylation sites (tertiary alicyclic amines) is 1. The van der Waals surface area contributed by atoms with Gasteiger partial charge in [-0.15, -0.1) is 0 Å². The molecule has 0 radical (unpaired) electrons. The van der Waals surface area contributed by atoms with Crippen LogP contribution in [0.3, 0.4) is 0 Å². The summed E-state index contributed by atoms with van der Waals surface area (Å²) in [5, 5.41) is 4.43. The van der Waals surface area contributed by atoms with Crippen LogP contribution in [0.4, 0.5) is 4.39 Å². The van der Waals surface area contributed by atoms with E-state index < -0.39 is 0 Å². The summed E-state index contributed by atoms with van der Waals surface area (Å²) in [4.78, 5) is 18.6. The number of carbonyl (C=O) groups excluding carboxylic acids is 1. The molecule has 116 valence electrons. The van der Waals surface area contributed by atoms with Gasteiger partial charge < -0.3 is 4.90 Å². The lowest BCUT2D eigenvalue weighted by atomic mass is 10.1. The van der Waals surface area contributed by atoms with Gasteiger partial charge in [0.25, 0.3) is 5.91 Å². The molecule has 1 fully saturated rings. The van der Waals surface area contributed by atoms with Gasteiger partial charge in [-0.25, -0.2) is 13.9 Å². The number of rotatable bonds is 2. The summed E-state index contributed by atoms with van der Waals surface area (Å²) in [6, 6.07) is 9.69. The standard InChI is InChI=1S/C17H15FN4O/c18-13-5-3-12(4-6-13)15-7-8-19-16-11-14(20-22(15)16)17(23)21-9-1-2-10-21/h3-8,11H,1-2,9-10H2. The van der Waals surface area contributed by atoms with E-state index in [1.165, 1.54) is 12.1 Å². The Kier molecular flexibility index (Phi) is 3.29. The second-order valence-electron chi connectivity index (χ2n) is 5.64. The zero-order valence-electron chi connectivity index (χ0n) is 12.4. The van der Waals surface area contributed by atoms with E-state index in [2.05, 4.69) is 10.1 Å². The molecule has 0 aliphatic carbocycles. The summed E-state index contributed by atoms with van der Waals surface area (Å²) < 4.78 is 14.7. The Morgan fingerprint density at radius 3 is 2.57 bits per heavy atom. The maximum atomic E-state index is 13.1. The second-order valence-corrected chi connectivity index (χ2v) is 5.64. The van der Waals surface area contributed by atoms with Crippen LogP contribution in [0.15, 0.2) is 42.6 Å². The molecule has 2 aromatic heterocycles. The first-order valence-electron chi connectivity index (χ1n) is 7.62. The van der Waals surface area contributed by atoms with E-state index in [1.54, 1.807) is 35.0 Å². The predicted octanol–water partition coefficient (Wildman–Crippen LogP) is 2.77. The largest absolute Gasteiger partial charge is 0.337 e. The van der Waals surface area contributed by atoms with Crippen molar-refractivity contribution < 1.29 is 9.18 Å². The highest BCUT2D eigenvalue weighted by molar-refractivity contribution is 5.93. The SMILES string of the molecule is O=C(c1cc2nccc(-c3ccc(F)cc3)n2n1)N1CCCC1. The maximum absolute atomic E-state index is 13.1. The Morgan fingerprint density at radius 2 is 1.83 bits per heavy atom. The van der Waals surface area contributed by atoms with Crippen molar-refractivity contribution in [3.05, 3.63) is 54.1 Å². The van der Waals surface area contributed by atoms with Gasteiger partial charge in [-0.1, -0.05) is 0 Å². The highest BCUT2D eigenvalue weighted by Crippen LogP contribution is 2.21. The van der Waals surface area contributed by atoms with Crippen LogP contribution >= 0.6 is 0 Å². The number of fused-ring (bicyclic) bond motifs is 1. The van der Waals surface area contributed by atoms with Gasteiger partial charge in [-0.3, -0.25) is 4.79 Å². The molecule has 1 aromatic carbocycles. The molecule has 1 aliphatic rings. The monoisotopic (exact) mass is 310 g/mol. The minimum absolute atomic E-state index is 0.0574. The molecule has 3 aromatic rings. The molecule has 0 unspecified atom stereocenters. The van der Waals surface area contributed by atoms with E-state index in [-0.39, 0.29) is 11.7 Å². The molecule has 23 heavy (non-hydrogen) atoms. The van der Waals surface area contributed by atoms with Crippen LogP contribution in [-0.2, 0) is 0 Å². The van der Waals surface area contributed by atoms with E-state index in [0.717, 1.165) is 37.2 Å². The Balaban J connectivity index is 1.78. The number of hydrogen-bond acceptors (Lipinski definition) is 3. The number of nitrogens with zero attached hydrogens (tertiary/aromatic N) is 4. The molecular weight excluding hydrogens is 295 g/mol. The fraction of sp³-hybridized carbons (Fsp3) is 0.235. The van der Waals surface area contributed by atoms with Crippen molar-refractivity contribution in [2.75, 3.05) is 13.1 Å². The number of aromatic nitrogens is 3. The third-order valence-corrected chi connectivity index (χ3v) is 4.11. The normalized spacial score (nSPS) is 14.6. The van der Waals surface area contributed by atoms with Gasteiger partial charge in [0.1, 0.15) is 5.82 Å². The van der Waals surface area contributed by atoms with Gasteiger partial charge in [0.15, 0.2) is 11.3 Å². The van der Waals surface area contributed by atoms with Crippen molar-refractivity contribution in [2.24, 2.45) is 0 Å². The molecule has 0 saturated carbocycles. The van der Waals surface area contributed by atoms with Gasteiger partial charge >= 0.3 is 0 Å². The number of amides is 1. The molecule has 3 heterocycles. The molecule has 1 saturated heterocycles. The zero-order valence-corrected chi connectivity index (χ0v) is 12.4. The van der Waals surface area contributed by atoms with Crippen molar-refractivity contribution in [3.63, 3.8) is 0 Å². The van der Waals surface area contributed by atoms with Gasteiger partial charge in [-0.05, 0) is 43.2 Å². The van der Waals surface area contributed by atoms with Crippen molar-refractivity contribution in [1.29, 1.82) is 0 Å². The fourth-order valence-corrected chi connectivity index (χ4v) is 2.92. The first kappa shape index (κ1) is 13.9. The van der Waals surface area contributed by atoms with Gasteiger partial charge in [-0.2, -0.15) is 5.10 Å². The zero-order chi connectivity index (χ0) is 15.8. The van der Waals surface area contributed by atoms with Crippen LogP contribution in [-0.4, -0.2) is 38.5 Å². The Labute approximate surface area is 132 Å². The lowest BCUT2D eigenvalue weighted by Crippen LogP contribution is -2.27. The molecule has 4 rings (SSSR count). The number of benzene rings is 1. The van der Waals surface area contributed by atoms with Crippen LogP contribution in [0, 0.1) is 5.82 Å². The van der Waals surface area contributed by atoms with Crippen molar-refractivity contribution in [2.45, 2.75) is 12.8 Å². The summed E-state index contributed by atoms with van der Waals surface area (Å²) in [6.07, 6.45) is 3.75. The maximum Gasteiger partial charge on any atom is 0.274 e. The van der Waals surface area contributed by atoms with Crippen LogP contribution in [0.2, 0.25) is 0 Å². The molecule has 6 heteroatoms. The molecule has 0 spiro atoms. The third kappa shape index (κ3) is 2.46. The molecule has 0 bridgehead atoms. The van der Waals surface area contributed by atoms with Gasteiger partial charge in [0, 0.05) is 30.9 Å². The number of carbonyl (C=O) groups is 1. The van der Waals surface area contributed by atoms with E-state index in [4.69, 9.17) is 0 Å². The highest BCUT2D eigenvalue weighted by Gasteiger charge is 2.22. The summed E-state index contributed by atoms with van der Waals surface area (Å²) in [5.74, 6) is -0.345. The van der Waals surface area contributed by atoms with Crippen molar-refractivity contribution in [3.8, 4) is 11.3 Å². The summed E-state index contributed by atoms with van der Waals surface area (Å²) in [5.41, 5.74) is 2.60. The fourth-order valence-electron chi connectivity index (χ4n) is 2.92. The molecule has 5 nitrogen and oxygen atoms in total. The second kappa shape index (κ2) is 5.46. The Bertz CT molecular complexity index is 866. The Hall–Kier alpha value is -2.76. The molecule has 1 aliphatic heterocycles. The van der Waals surface area contributed by atoms with Crippen LogP contribution in [0.25, 0.3) is 16.9 Å². The quantitative estimate of drug-likeness (QED) is 0.731. The number of hydrogen-bond donors (Lipinski definition) is 0. The first-order chi connectivity index (χ1) is 11.2. The number of halogens is 1. The smallest absolute Gasteiger partial charge is 0.274 e. The average molecular weight is 310 g/mol. The highest BCUT2D eigenvalue weighted by atomic mass is 19.1. The van der Waals surface area contributed by atoms with E-state index >= 15 is 0 Å². The predicted molar refractivity (Wildman–Crippen MR) is 83.5 cm³/mol. The lowest BCUT2D eigenvalue weighted by molar-refractivity contribution is 0.0786. The topological polar surface area (TPSA) is 50.5 Å². The van der Waals surface area contributed by atoms with Crippen LogP contribution in [0.5, 0.6) is 0 Å². The average Bonchev–Trinajstić information content (AvgIpc) is 3.24. The lowest BCUT2D eigenvalue weighted by Gasteiger charge is -2.12. The van der Waals surface area contributed by atoms with Crippen molar-refractivity contribution in [1.82, 2.24) is 19.5 Å². The first-order valence-corrected chi connectivity index (χ1v) is 7.62. The summed E-state index contributed by atoms with van der Waals surface area (Å²) in [6.45, 7) is 1.57. The van der Waals surface area contributed by atoms with Crippen LogP contribution in [0.1, 0.15) is 23.3 Å². The van der Waals surface area contributed by atoms with E-state index in [9.17, 15) is 9.18 Å². The molecule has 0 atom stereocenters. The molecule has 1 amide bonds. The minimum atomic E-state index is -0.288. The van der Waals surface area contributed by atoms with Gasteiger partial charge in [0.2, 0.25) is 0 Å². The molecular formula is C17H15FN4O. The minimum Gasteiger partial charge on any atom is -0.337 e. The Morgan fingerprint density at radius 1 is 1.09 bits per heavy atom. The van der Waals surface area contributed by atoms with E-state index in [1.807, 2.05) is 4.90 Å². The van der Waals surface area contributed by atoms with Crippen LogP contribution < -0.4 is 0 Å². The summed E-state index contributed by atoms with van der Waals surface area (Å²) in [7, 11) is 0. The summed E-state index contributed by atoms with van der Waals surface area (Å²) >= 11 is 0. The third-order valence-electron chi connectivity index (χ3n) is 4.11. The van der Waals surface area contributed by atoms with Crippen molar-refractivity contribution >= 4 is 11.6 Å². The molecule has 0 N–H and O–H groups in total. The van der Waals surface area contributed by atoms with E-state index in [0.29, 0.717) is 11.3 Å².